The summed E-state index contributed by atoms with van der Waals surface area (Å²) in [6.45, 7) is 13.6. The van der Waals surface area contributed by atoms with Gasteiger partial charge in [-0.25, -0.2) is 4.68 Å². The van der Waals surface area contributed by atoms with Crippen molar-refractivity contribution < 1.29 is 0 Å². The Kier molecular flexibility index (Phi) is 7.12. The molecule has 1 unspecified atom stereocenters. The van der Waals surface area contributed by atoms with Gasteiger partial charge in [-0.1, -0.05) is 36.8 Å². The lowest BCUT2D eigenvalue weighted by Gasteiger charge is -2.37. The Morgan fingerprint density at radius 2 is 1.81 bits per heavy atom. The van der Waals surface area contributed by atoms with E-state index in [4.69, 9.17) is 0 Å². The van der Waals surface area contributed by atoms with Crippen LogP contribution in [0.4, 0.5) is 0 Å². The molecule has 146 valence electrons. The van der Waals surface area contributed by atoms with Gasteiger partial charge in [0.15, 0.2) is 5.82 Å². The Morgan fingerprint density at radius 1 is 1.04 bits per heavy atom. The quantitative estimate of drug-likeness (QED) is 0.759. The predicted octanol–water partition coefficient (Wildman–Crippen LogP) is 3.14. The van der Waals surface area contributed by atoms with E-state index in [1.165, 1.54) is 44.3 Å². The highest BCUT2D eigenvalue weighted by molar-refractivity contribution is 5.15. The van der Waals surface area contributed by atoms with Gasteiger partial charge in [0.25, 0.3) is 0 Å². The first kappa shape index (κ1) is 19.7. The summed E-state index contributed by atoms with van der Waals surface area (Å²) in [4.78, 5) is 5.25. The third kappa shape index (κ3) is 4.82. The average Bonchev–Trinajstić information content (AvgIpc) is 2.99. The van der Waals surface area contributed by atoms with Crippen LogP contribution < -0.4 is 0 Å². The Morgan fingerprint density at radius 3 is 2.52 bits per heavy atom. The maximum atomic E-state index is 4.35. The molecule has 1 aromatic carbocycles. The Labute approximate surface area is 162 Å². The van der Waals surface area contributed by atoms with E-state index in [2.05, 4.69) is 69.7 Å². The van der Waals surface area contributed by atoms with Gasteiger partial charge in [0.2, 0.25) is 0 Å². The number of hydrogen-bond acceptors (Lipinski definition) is 5. The minimum Gasteiger partial charge on any atom is -0.299 e. The van der Waals surface area contributed by atoms with E-state index in [-0.39, 0.29) is 6.04 Å². The van der Waals surface area contributed by atoms with Crippen molar-refractivity contribution in [1.29, 1.82) is 0 Å². The lowest BCUT2D eigenvalue weighted by Crippen LogP contribution is -2.42. The fourth-order valence-electron chi connectivity index (χ4n) is 4.00. The van der Waals surface area contributed by atoms with Crippen LogP contribution in [0.1, 0.15) is 50.0 Å². The molecule has 0 bridgehead atoms. The van der Waals surface area contributed by atoms with Crippen LogP contribution in [0.3, 0.4) is 0 Å². The highest BCUT2D eigenvalue weighted by Crippen LogP contribution is 2.27. The van der Waals surface area contributed by atoms with Crippen LogP contribution in [0.25, 0.3) is 0 Å². The normalized spacial score (nSPS) is 20.2. The summed E-state index contributed by atoms with van der Waals surface area (Å²) in [7, 11) is 0. The van der Waals surface area contributed by atoms with E-state index in [0.29, 0.717) is 0 Å². The molecule has 1 atom stereocenters. The second-order valence-corrected chi connectivity index (χ2v) is 7.37. The highest BCUT2D eigenvalue weighted by Gasteiger charge is 2.29. The third-order valence-corrected chi connectivity index (χ3v) is 5.81. The number of benzene rings is 1. The molecule has 0 amide bonds. The van der Waals surface area contributed by atoms with Crippen molar-refractivity contribution in [3.63, 3.8) is 0 Å². The lowest BCUT2D eigenvalue weighted by atomic mass is 9.91. The van der Waals surface area contributed by atoms with Crippen molar-refractivity contribution in [3.8, 4) is 0 Å². The molecule has 6 nitrogen and oxygen atoms in total. The smallest absolute Gasteiger partial charge is 0.168 e. The Balaban J connectivity index is 0.00000102. The molecule has 1 aliphatic heterocycles. The minimum atomic E-state index is 0.250. The third-order valence-electron chi connectivity index (χ3n) is 5.81. The van der Waals surface area contributed by atoms with Crippen LogP contribution in [0, 0.1) is 0 Å². The molecule has 1 aromatic heterocycles. The van der Waals surface area contributed by atoms with Crippen LogP contribution in [-0.2, 0) is 6.54 Å². The largest absolute Gasteiger partial charge is 0.299 e. The van der Waals surface area contributed by atoms with E-state index in [9.17, 15) is 0 Å². The van der Waals surface area contributed by atoms with Gasteiger partial charge in [0.05, 0.1) is 12.6 Å². The van der Waals surface area contributed by atoms with Gasteiger partial charge in [0.1, 0.15) is 0 Å². The summed E-state index contributed by atoms with van der Waals surface area (Å²) in [5.74, 6) is 0.973. The Hall–Kier alpha value is -2.05. The molecule has 0 N–H and O–H groups in total. The Bertz CT molecular complexity index is 681. The number of aromatic nitrogens is 4. The molecule has 2 aliphatic rings. The maximum absolute atomic E-state index is 4.35. The molecule has 1 saturated heterocycles. The van der Waals surface area contributed by atoms with Crippen molar-refractivity contribution in [3.05, 3.63) is 54.9 Å². The van der Waals surface area contributed by atoms with Crippen molar-refractivity contribution in [2.45, 2.75) is 51.2 Å². The molecule has 27 heavy (non-hydrogen) atoms. The van der Waals surface area contributed by atoms with Crippen LogP contribution in [0.15, 0.2) is 43.5 Å². The molecule has 2 aromatic rings. The summed E-state index contributed by atoms with van der Waals surface area (Å²) in [5, 5.41) is 12.5. The maximum Gasteiger partial charge on any atom is 0.168 e. The average molecular weight is 369 g/mol. The molecule has 0 radical (unpaired) electrons. The van der Waals surface area contributed by atoms with Gasteiger partial charge >= 0.3 is 0 Å². The first-order valence-electron chi connectivity index (χ1n) is 10.1. The van der Waals surface area contributed by atoms with Crippen LogP contribution in [-0.4, -0.2) is 62.2 Å². The SMILES string of the molecule is C=C.CC(c1nnnn1Cc1ccccc1)N1CCCN(C2CCC2)CC1. The van der Waals surface area contributed by atoms with Gasteiger partial charge in [-0.2, -0.15) is 0 Å². The van der Waals surface area contributed by atoms with Crippen LogP contribution in [0.5, 0.6) is 0 Å². The van der Waals surface area contributed by atoms with E-state index in [1.807, 2.05) is 10.7 Å². The van der Waals surface area contributed by atoms with E-state index < -0.39 is 0 Å². The molecule has 2 fully saturated rings. The second-order valence-electron chi connectivity index (χ2n) is 7.37. The highest BCUT2D eigenvalue weighted by atomic mass is 15.5. The molecule has 4 rings (SSSR count). The molecule has 0 spiro atoms. The number of nitrogens with zero attached hydrogens (tertiary/aromatic N) is 6. The number of hydrogen-bond donors (Lipinski definition) is 0. The van der Waals surface area contributed by atoms with Gasteiger partial charge in [0, 0.05) is 25.7 Å². The van der Waals surface area contributed by atoms with Gasteiger partial charge in [-0.3, -0.25) is 9.80 Å². The first-order chi connectivity index (χ1) is 13.3. The van der Waals surface area contributed by atoms with Crippen LogP contribution >= 0.6 is 0 Å². The fourth-order valence-corrected chi connectivity index (χ4v) is 4.00. The van der Waals surface area contributed by atoms with Crippen LogP contribution in [0.2, 0.25) is 0 Å². The fraction of sp³-hybridized carbons (Fsp3) is 0.571. The molecule has 1 aliphatic carbocycles. The number of rotatable bonds is 5. The van der Waals surface area contributed by atoms with Gasteiger partial charge in [-0.05, 0) is 48.7 Å². The topological polar surface area (TPSA) is 50.1 Å². The monoisotopic (exact) mass is 368 g/mol. The molecule has 6 heteroatoms. The second kappa shape index (κ2) is 9.76. The standard InChI is InChI=1S/C19H28N6.C2H4/c1-16(23-11-6-12-24(14-13-23)18-9-5-10-18)19-20-21-22-25(19)15-17-7-3-2-4-8-17;1-2/h2-4,7-8,16,18H,5-6,9-15H2,1H3;1-2H2. The minimum absolute atomic E-state index is 0.250. The van der Waals surface area contributed by atoms with Crippen molar-refractivity contribution in [2.75, 3.05) is 26.2 Å². The van der Waals surface area contributed by atoms with Crippen molar-refractivity contribution >= 4 is 0 Å². The summed E-state index contributed by atoms with van der Waals surface area (Å²) >= 11 is 0. The summed E-state index contributed by atoms with van der Waals surface area (Å²) in [6, 6.07) is 11.5. The lowest BCUT2D eigenvalue weighted by molar-refractivity contribution is 0.126. The van der Waals surface area contributed by atoms with E-state index >= 15 is 0 Å². The van der Waals surface area contributed by atoms with Crippen molar-refractivity contribution in [2.24, 2.45) is 0 Å². The zero-order valence-corrected chi connectivity index (χ0v) is 16.5. The molecular formula is C21H32N6. The predicted molar refractivity (Wildman–Crippen MR) is 108 cm³/mol. The molecule has 1 saturated carbocycles. The van der Waals surface area contributed by atoms with Gasteiger partial charge < -0.3 is 0 Å². The zero-order chi connectivity index (χ0) is 19.1. The van der Waals surface area contributed by atoms with E-state index in [0.717, 1.165) is 31.5 Å². The number of tetrazole rings is 1. The van der Waals surface area contributed by atoms with E-state index in [1.54, 1.807) is 0 Å². The van der Waals surface area contributed by atoms with Gasteiger partial charge in [-0.15, -0.1) is 18.3 Å². The molecular weight excluding hydrogens is 336 g/mol. The first-order valence-corrected chi connectivity index (χ1v) is 10.1. The van der Waals surface area contributed by atoms with Crippen molar-refractivity contribution in [1.82, 2.24) is 30.0 Å². The summed E-state index contributed by atoms with van der Waals surface area (Å²) < 4.78 is 1.95. The molecule has 2 heterocycles. The zero-order valence-electron chi connectivity index (χ0n) is 16.5. The summed E-state index contributed by atoms with van der Waals surface area (Å²) in [5.41, 5.74) is 1.23. The summed E-state index contributed by atoms with van der Waals surface area (Å²) in [6.07, 6.45) is 5.44.